The van der Waals surface area contributed by atoms with Crippen molar-refractivity contribution in [3.05, 3.63) is 12.7 Å². The zero-order valence-corrected chi connectivity index (χ0v) is 10.8. The van der Waals surface area contributed by atoms with Crippen molar-refractivity contribution in [1.29, 1.82) is 10.5 Å². The molecule has 0 heterocycles. The molecule has 1 saturated carbocycles. The topological polar surface area (TPSA) is 47.6 Å². The van der Waals surface area contributed by atoms with Crippen LogP contribution in [0.15, 0.2) is 12.7 Å². The summed E-state index contributed by atoms with van der Waals surface area (Å²) in [6.07, 6.45) is 9.85. The first-order chi connectivity index (χ1) is 8.19. The summed E-state index contributed by atoms with van der Waals surface area (Å²) in [5.41, 5.74) is -0.155. The maximum atomic E-state index is 9.19. The highest BCUT2D eigenvalue weighted by Crippen LogP contribution is 2.46. The third-order valence-corrected chi connectivity index (χ3v) is 4.34. The van der Waals surface area contributed by atoms with Crippen LogP contribution in [0.2, 0.25) is 0 Å². The normalized spacial score (nSPS) is 20.2. The van der Waals surface area contributed by atoms with Gasteiger partial charge >= 0.3 is 0 Å². The number of rotatable bonds is 5. The summed E-state index contributed by atoms with van der Waals surface area (Å²) in [6.45, 7) is 5.88. The van der Waals surface area contributed by atoms with Crippen molar-refractivity contribution < 1.29 is 0 Å². The van der Waals surface area contributed by atoms with E-state index >= 15 is 0 Å². The minimum absolute atomic E-state index is 0.155. The van der Waals surface area contributed by atoms with Crippen LogP contribution >= 0.6 is 0 Å². The number of nitrogens with zero attached hydrogens (tertiary/aromatic N) is 2. The quantitative estimate of drug-likeness (QED) is 0.664. The molecule has 0 N–H and O–H groups in total. The van der Waals surface area contributed by atoms with Gasteiger partial charge in [-0.3, -0.25) is 0 Å². The third kappa shape index (κ3) is 3.10. The van der Waals surface area contributed by atoms with E-state index in [4.69, 9.17) is 0 Å². The van der Waals surface area contributed by atoms with Crippen LogP contribution < -0.4 is 0 Å². The predicted octanol–water partition coefficient (Wildman–Crippen LogP) is 4.20. The second kappa shape index (κ2) is 6.45. The van der Waals surface area contributed by atoms with E-state index in [1.54, 1.807) is 0 Å². The van der Waals surface area contributed by atoms with Gasteiger partial charge in [0.1, 0.15) is 5.92 Å². The van der Waals surface area contributed by atoms with Gasteiger partial charge in [0.25, 0.3) is 0 Å². The first kappa shape index (κ1) is 13.8. The fourth-order valence-corrected chi connectivity index (χ4v) is 3.08. The van der Waals surface area contributed by atoms with Crippen molar-refractivity contribution >= 4 is 0 Å². The Balaban J connectivity index is 2.87. The molecule has 0 aromatic rings. The molecule has 0 bridgehead atoms. The van der Waals surface area contributed by atoms with Gasteiger partial charge in [-0.15, -0.1) is 6.58 Å². The first-order valence-corrected chi connectivity index (χ1v) is 6.59. The molecule has 17 heavy (non-hydrogen) atoms. The Labute approximate surface area is 105 Å². The highest BCUT2D eigenvalue weighted by Gasteiger charge is 2.41. The predicted molar refractivity (Wildman–Crippen MR) is 68.8 cm³/mol. The molecule has 0 saturated heterocycles. The summed E-state index contributed by atoms with van der Waals surface area (Å²) in [5, 5.41) is 18.4. The maximum Gasteiger partial charge on any atom is 0.138 e. The maximum absolute atomic E-state index is 9.19. The standard InChI is InChI=1S/C15H22N2/c1-3-4-10-15(2,14(11-16)12-17)13-8-6-5-7-9-13/h3,13-14H,1,4-10H2,2H3. The molecule has 0 aliphatic heterocycles. The second-order valence-corrected chi connectivity index (χ2v) is 5.36. The van der Waals surface area contributed by atoms with Crippen molar-refractivity contribution in [2.45, 2.75) is 51.9 Å². The molecule has 1 atom stereocenters. The first-order valence-electron chi connectivity index (χ1n) is 6.59. The van der Waals surface area contributed by atoms with Gasteiger partial charge in [0.05, 0.1) is 12.1 Å². The lowest BCUT2D eigenvalue weighted by molar-refractivity contribution is 0.102. The van der Waals surface area contributed by atoms with E-state index in [0.29, 0.717) is 5.92 Å². The monoisotopic (exact) mass is 230 g/mol. The number of nitriles is 2. The van der Waals surface area contributed by atoms with Crippen LogP contribution in [0.1, 0.15) is 51.9 Å². The summed E-state index contributed by atoms with van der Waals surface area (Å²) in [6, 6.07) is 4.41. The van der Waals surface area contributed by atoms with Crippen LogP contribution in [0.25, 0.3) is 0 Å². The Morgan fingerprint density at radius 2 is 1.88 bits per heavy atom. The molecule has 1 aliphatic rings. The summed E-state index contributed by atoms with van der Waals surface area (Å²) in [5.74, 6) is 0.0473. The highest BCUT2D eigenvalue weighted by atomic mass is 14.5. The molecule has 1 rings (SSSR count). The molecule has 0 radical (unpaired) electrons. The third-order valence-electron chi connectivity index (χ3n) is 4.34. The fourth-order valence-electron chi connectivity index (χ4n) is 3.08. The average Bonchev–Trinajstić information content (AvgIpc) is 2.38. The van der Waals surface area contributed by atoms with E-state index in [1.165, 1.54) is 32.1 Å². The van der Waals surface area contributed by atoms with Gasteiger partial charge in [-0.25, -0.2) is 0 Å². The minimum Gasteiger partial charge on any atom is -0.197 e. The number of hydrogen-bond donors (Lipinski definition) is 0. The largest absolute Gasteiger partial charge is 0.197 e. The Kier molecular flexibility index (Phi) is 5.23. The van der Waals surface area contributed by atoms with Gasteiger partial charge in [0.2, 0.25) is 0 Å². The summed E-state index contributed by atoms with van der Waals surface area (Å²) in [7, 11) is 0. The highest BCUT2D eigenvalue weighted by molar-refractivity contribution is 5.10. The SMILES string of the molecule is C=CCCC(C)(C(C#N)C#N)C1CCCCC1. The molecule has 1 aliphatic carbocycles. The minimum atomic E-state index is -0.481. The van der Waals surface area contributed by atoms with Crippen LogP contribution in [-0.4, -0.2) is 0 Å². The Bertz CT molecular complexity index is 314. The lowest BCUT2D eigenvalue weighted by Gasteiger charge is -2.40. The molecule has 0 aromatic heterocycles. The molecule has 1 unspecified atom stereocenters. The van der Waals surface area contributed by atoms with E-state index in [1.807, 2.05) is 6.08 Å². The van der Waals surface area contributed by atoms with Crippen molar-refractivity contribution in [2.24, 2.45) is 17.3 Å². The summed E-state index contributed by atoms with van der Waals surface area (Å²) < 4.78 is 0. The fraction of sp³-hybridized carbons (Fsp3) is 0.733. The number of hydrogen-bond acceptors (Lipinski definition) is 2. The molecule has 2 heteroatoms. The van der Waals surface area contributed by atoms with Gasteiger partial charge in [-0.05, 0) is 37.0 Å². The van der Waals surface area contributed by atoms with E-state index in [2.05, 4.69) is 25.6 Å². The van der Waals surface area contributed by atoms with Crippen LogP contribution in [-0.2, 0) is 0 Å². The zero-order valence-electron chi connectivity index (χ0n) is 10.8. The van der Waals surface area contributed by atoms with Crippen LogP contribution in [0.4, 0.5) is 0 Å². The molecule has 0 spiro atoms. The van der Waals surface area contributed by atoms with Crippen molar-refractivity contribution in [3.8, 4) is 12.1 Å². The molecule has 0 amide bonds. The summed E-state index contributed by atoms with van der Waals surface area (Å²) in [4.78, 5) is 0. The molecule has 2 nitrogen and oxygen atoms in total. The van der Waals surface area contributed by atoms with E-state index in [0.717, 1.165) is 12.8 Å². The van der Waals surface area contributed by atoms with Gasteiger partial charge in [-0.1, -0.05) is 32.3 Å². The molecule has 0 aromatic carbocycles. The van der Waals surface area contributed by atoms with Gasteiger partial charge in [-0.2, -0.15) is 10.5 Å². The molecule has 92 valence electrons. The molecular formula is C15H22N2. The Morgan fingerprint density at radius 1 is 1.29 bits per heavy atom. The summed E-state index contributed by atoms with van der Waals surface area (Å²) >= 11 is 0. The molecular weight excluding hydrogens is 208 g/mol. The number of allylic oxidation sites excluding steroid dienone is 1. The van der Waals surface area contributed by atoms with E-state index < -0.39 is 5.92 Å². The van der Waals surface area contributed by atoms with Crippen molar-refractivity contribution in [3.63, 3.8) is 0 Å². The van der Waals surface area contributed by atoms with Crippen LogP contribution in [0, 0.1) is 39.9 Å². The lowest BCUT2D eigenvalue weighted by Crippen LogP contribution is -2.35. The molecule has 1 fully saturated rings. The van der Waals surface area contributed by atoms with E-state index in [9.17, 15) is 10.5 Å². The Hall–Kier alpha value is -1.28. The van der Waals surface area contributed by atoms with Gasteiger partial charge in [0.15, 0.2) is 0 Å². The van der Waals surface area contributed by atoms with Crippen LogP contribution in [0.3, 0.4) is 0 Å². The average molecular weight is 230 g/mol. The van der Waals surface area contributed by atoms with Crippen molar-refractivity contribution in [2.75, 3.05) is 0 Å². The van der Waals surface area contributed by atoms with Gasteiger partial charge < -0.3 is 0 Å². The zero-order chi connectivity index (χ0) is 12.7. The second-order valence-electron chi connectivity index (χ2n) is 5.36. The van der Waals surface area contributed by atoms with E-state index in [-0.39, 0.29) is 5.41 Å². The lowest BCUT2D eigenvalue weighted by atomic mass is 9.62. The Morgan fingerprint density at radius 3 is 2.35 bits per heavy atom. The van der Waals surface area contributed by atoms with Crippen LogP contribution in [0.5, 0.6) is 0 Å². The smallest absolute Gasteiger partial charge is 0.138 e. The van der Waals surface area contributed by atoms with Crippen molar-refractivity contribution in [1.82, 2.24) is 0 Å². The van der Waals surface area contributed by atoms with Gasteiger partial charge in [0, 0.05) is 0 Å².